The molecule has 0 unspecified atom stereocenters. The van der Waals surface area contributed by atoms with Crippen LogP contribution in [0.1, 0.15) is 57.0 Å². The van der Waals surface area contributed by atoms with E-state index in [0.29, 0.717) is 0 Å². The SMILES string of the molecule is CCCNCC(=Cc1ccc(C)o1)C1CCCCC1. The summed E-state index contributed by atoms with van der Waals surface area (Å²) < 4.78 is 5.71. The average Bonchev–Trinajstić information content (AvgIpc) is 2.84. The molecule has 2 nitrogen and oxygen atoms in total. The van der Waals surface area contributed by atoms with Crippen molar-refractivity contribution in [3.05, 3.63) is 29.2 Å². The molecule has 0 saturated heterocycles. The lowest BCUT2D eigenvalue weighted by molar-refractivity contribution is 0.396. The third kappa shape index (κ3) is 4.54. The molecule has 0 amide bonds. The van der Waals surface area contributed by atoms with Crippen molar-refractivity contribution in [3.63, 3.8) is 0 Å². The van der Waals surface area contributed by atoms with E-state index in [4.69, 9.17) is 4.42 Å². The summed E-state index contributed by atoms with van der Waals surface area (Å²) in [5.74, 6) is 2.76. The standard InChI is InChI=1S/C17H27NO/c1-3-11-18-13-16(15-7-5-4-6-8-15)12-17-10-9-14(2)19-17/h9-10,12,15,18H,3-8,11,13H2,1-2H3. The molecule has 1 aromatic rings. The van der Waals surface area contributed by atoms with Gasteiger partial charge in [-0.25, -0.2) is 0 Å². The first-order valence-corrected chi connectivity index (χ1v) is 7.77. The van der Waals surface area contributed by atoms with E-state index in [1.54, 1.807) is 0 Å². The van der Waals surface area contributed by atoms with Gasteiger partial charge in [0.15, 0.2) is 0 Å². The molecule has 19 heavy (non-hydrogen) atoms. The highest BCUT2D eigenvalue weighted by atomic mass is 16.3. The predicted molar refractivity (Wildman–Crippen MR) is 81.2 cm³/mol. The summed E-state index contributed by atoms with van der Waals surface area (Å²) in [4.78, 5) is 0. The second-order valence-electron chi connectivity index (χ2n) is 5.68. The Morgan fingerprint density at radius 1 is 1.32 bits per heavy atom. The summed E-state index contributed by atoms with van der Waals surface area (Å²) in [6.45, 7) is 6.33. The maximum atomic E-state index is 5.71. The van der Waals surface area contributed by atoms with E-state index in [-0.39, 0.29) is 0 Å². The zero-order valence-electron chi connectivity index (χ0n) is 12.4. The van der Waals surface area contributed by atoms with Gasteiger partial charge in [0, 0.05) is 6.54 Å². The average molecular weight is 261 g/mol. The Morgan fingerprint density at radius 3 is 2.74 bits per heavy atom. The molecule has 106 valence electrons. The summed E-state index contributed by atoms with van der Waals surface area (Å²) in [5, 5.41) is 3.55. The van der Waals surface area contributed by atoms with Crippen molar-refractivity contribution in [1.82, 2.24) is 5.32 Å². The van der Waals surface area contributed by atoms with Crippen molar-refractivity contribution in [2.45, 2.75) is 52.4 Å². The molecule has 1 fully saturated rings. The molecule has 1 aromatic heterocycles. The molecule has 0 aliphatic heterocycles. The van der Waals surface area contributed by atoms with E-state index >= 15 is 0 Å². The highest BCUT2D eigenvalue weighted by Gasteiger charge is 2.17. The molecule has 2 rings (SSSR count). The van der Waals surface area contributed by atoms with Gasteiger partial charge in [-0.05, 0) is 62.4 Å². The number of nitrogens with one attached hydrogen (secondary N) is 1. The van der Waals surface area contributed by atoms with E-state index in [1.165, 1.54) is 44.1 Å². The Hall–Kier alpha value is -1.02. The minimum absolute atomic E-state index is 0.753. The molecule has 0 spiro atoms. The van der Waals surface area contributed by atoms with Gasteiger partial charge in [-0.2, -0.15) is 0 Å². The smallest absolute Gasteiger partial charge is 0.127 e. The summed E-state index contributed by atoms with van der Waals surface area (Å²) in [7, 11) is 0. The number of aryl methyl sites for hydroxylation is 1. The number of hydrogen-bond acceptors (Lipinski definition) is 2. The summed E-state index contributed by atoms with van der Waals surface area (Å²) in [6, 6.07) is 4.13. The molecule has 1 heterocycles. The van der Waals surface area contributed by atoms with Gasteiger partial charge in [-0.1, -0.05) is 26.2 Å². The Balaban J connectivity index is 2.05. The lowest BCUT2D eigenvalue weighted by atomic mass is 9.83. The normalized spacial score (nSPS) is 17.9. The van der Waals surface area contributed by atoms with Gasteiger partial charge in [-0.15, -0.1) is 0 Å². The number of furan rings is 1. The van der Waals surface area contributed by atoms with Crippen molar-refractivity contribution in [1.29, 1.82) is 0 Å². The summed E-state index contributed by atoms with van der Waals surface area (Å²) in [5.41, 5.74) is 1.53. The van der Waals surface area contributed by atoms with Gasteiger partial charge in [-0.3, -0.25) is 0 Å². The van der Waals surface area contributed by atoms with Gasteiger partial charge in [0.1, 0.15) is 11.5 Å². The second-order valence-corrected chi connectivity index (χ2v) is 5.68. The van der Waals surface area contributed by atoms with Crippen LogP contribution in [0.2, 0.25) is 0 Å². The van der Waals surface area contributed by atoms with Crippen LogP contribution in [0, 0.1) is 12.8 Å². The zero-order valence-corrected chi connectivity index (χ0v) is 12.4. The molecule has 0 radical (unpaired) electrons. The van der Waals surface area contributed by atoms with E-state index in [1.807, 2.05) is 13.0 Å². The van der Waals surface area contributed by atoms with Crippen LogP contribution < -0.4 is 5.32 Å². The molecule has 0 atom stereocenters. The van der Waals surface area contributed by atoms with Crippen LogP contribution in [-0.2, 0) is 0 Å². The van der Waals surface area contributed by atoms with E-state index in [2.05, 4.69) is 24.4 Å². The fraction of sp³-hybridized carbons (Fsp3) is 0.647. The largest absolute Gasteiger partial charge is 0.462 e. The van der Waals surface area contributed by atoms with Crippen molar-refractivity contribution >= 4 is 6.08 Å². The second kappa shape index (κ2) is 7.54. The third-order valence-corrected chi connectivity index (χ3v) is 3.97. The first-order chi connectivity index (χ1) is 9.29. The van der Waals surface area contributed by atoms with E-state index in [0.717, 1.165) is 30.5 Å². The van der Waals surface area contributed by atoms with Gasteiger partial charge >= 0.3 is 0 Å². The Kier molecular flexibility index (Phi) is 5.71. The zero-order chi connectivity index (χ0) is 13.5. The van der Waals surface area contributed by atoms with Crippen LogP contribution in [0.3, 0.4) is 0 Å². The molecule has 1 N–H and O–H groups in total. The maximum absolute atomic E-state index is 5.71. The van der Waals surface area contributed by atoms with Gasteiger partial charge < -0.3 is 9.73 Å². The van der Waals surface area contributed by atoms with Crippen molar-refractivity contribution in [2.75, 3.05) is 13.1 Å². The minimum Gasteiger partial charge on any atom is -0.462 e. The number of hydrogen-bond donors (Lipinski definition) is 1. The summed E-state index contributed by atoms with van der Waals surface area (Å²) in [6.07, 6.45) is 10.3. The van der Waals surface area contributed by atoms with E-state index in [9.17, 15) is 0 Å². The first-order valence-electron chi connectivity index (χ1n) is 7.77. The van der Waals surface area contributed by atoms with Crippen molar-refractivity contribution in [2.24, 2.45) is 5.92 Å². The van der Waals surface area contributed by atoms with Crippen molar-refractivity contribution < 1.29 is 4.42 Å². The molecular formula is C17H27NO. The molecule has 2 heteroatoms. The fourth-order valence-corrected chi connectivity index (χ4v) is 2.91. The Morgan fingerprint density at radius 2 is 2.11 bits per heavy atom. The highest BCUT2D eigenvalue weighted by molar-refractivity contribution is 5.49. The lowest BCUT2D eigenvalue weighted by Crippen LogP contribution is -2.22. The monoisotopic (exact) mass is 261 g/mol. The lowest BCUT2D eigenvalue weighted by Gasteiger charge is -2.24. The Labute approximate surface area is 117 Å². The van der Waals surface area contributed by atoms with Crippen LogP contribution in [0.4, 0.5) is 0 Å². The molecule has 1 saturated carbocycles. The topological polar surface area (TPSA) is 25.2 Å². The van der Waals surface area contributed by atoms with Crippen LogP contribution in [0.25, 0.3) is 6.08 Å². The number of rotatable bonds is 6. The van der Waals surface area contributed by atoms with Gasteiger partial charge in [0.25, 0.3) is 0 Å². The fourth-order valence-electron chi connectivity index (χ4n) is 2.91. The van der Waals surface area contributed by atoms with Crippen molar-refractivity contribution in [3.8, 4) is 0 Å². The quantitative estimate of drug-likeness (QED) is 0.760. The Bertz CT molecular complexity index is 399. The molecule has 1 aliphatic rings. The molecular weight excluding hydrogens is 234 g/mol. The first kappa shape index (κ1) is 14.4. The van der Waals surface area contributed by atoms with Crippen LogP contribution in [0.5, 0.6) is 0 Å². The predicted octanol–water partition coefficient (Wildman–Crippen LogP) is 4.55. The minimum atomic E-state index is 0.753. The maximum Gasteiger partial charge on any atom is 0.127 e. The van der Waals surface area contributed by atoms with Gasteiger partial charge in [0.2, 0.25) is 0 Å². The van der Waals surface area contributed by atoms with Crippen LogP contribution in [0.15, 0.2) is 22.1 Å². The van der Waals surface area contributed by atoms with Crippen LogP contribution in [-0.4, -0.2) is 13.1 Å². The molecule has 0 bridgehead atoms. The molecule has 1 aliphatic carbocycles. The summed E-state index contributed by atoms with van der Waals surface area (Å²) >= 11 is 0. The highest BCUT2D eigenvalue weighted by Crippen LogP contribution is 2.30. The third-order valence-electron chi connectivity index (χ3n) is 3.97. The van der Waals surface area contributed by atoms with Gasteiger partial charge in [0.05, 0.1) is 0 Å². The molecule has 0 aromatic carbocycles. The van der Waals surface area contributed by atoms with E-state index < -0.39 is 0 Å². The van der Waals surface area contributed by atoms with Crippen LogP contribution >= 0.6 is 0 Å².